The summed E-state index contributed by atoms with van der Waals surface area (Å²) in [6.45, 7) is 1.47. The fourth-order valence-electron chi connectivity index (χ4n) is 1.93. The summed E-state index contributed by atoms with van der Waals surface area (Å²) in [6, 6.07) is 4.13. The maximum absolute atomic E-state index is 13.3. The summed E-state index contributed by atoms with van der Waals surface area (Å²) in [6.07, 6.45) is -5.42. The second-order valence-electron chi connectivity index (χ2n) is 5.07. The van der Waals surface area contributed by atoms with E-state index in [1.807, 2.05) is 0 Å². The first-order valence-electron chi connectivity index (χ1n) is 6.95. The van der Waals surface area contributed by atoms with Crippen LogP contribution in [0, 0.1) is 5.82 Å². The number of carbonyl (C=O) groups excluding carboxylic acids is 1. The molecule has 1 heterocycles. The topological polar surface area (TPSA) is 80.0 Å². The SMILES string of the molecule is CC(O)CCNC(=O)c1nnn(-c2ccc(F)cc2)c1C(F)(F)F. The third-order valence-corrected chi connectivity index (χ3v) is 3.07. The number of hydrogen-bond acceptors (Lipinski definition) is 4. The van der Waals surface area contributed by atoms with Crippen LogP contribution in [0.5, 0.6) is 0 Å². The number of carbonyl (C=O) groups is 1. The van der Waals surface area contributed by atoms with Crippen LogP contribution in [0.1, 0.15) is 29.5 Å². The summed E-state index contributed by atoms with van der Waals surface area (Å²) in [7, 11) is 0. The maximum atomic E-state index is 13.3. The molecule has 2 rings (SSSR count). The van der Waals surface area contributed by atoms with Gasteiger partial charge < -0.3 is 10.4 Å². The molecule has 2 N–H and O–H groups in total. The van der Waals surface area contributed by atoms with Crippen molar-refractivity contribution < 1.29 is 27.5 Å². The molecule has 1 unspecified atom stereocenters. The monoisotopic (exact) mass is 346 g/mol. The minimum Gasteiger partial charge on any atom is -0.393 e. The number of hydrogen-bond donors (Lipinski definition) is 2. The van der Waals surface area contributed by atoms with Gasteiger partial charge in [-0.05, 0) is 37.6 Å². The molecule has 2 aromatic rings. The van der Waals surface area contributed by atoms with Crippen molar-refractivity contribution >= 4 is 5.91 Å². The van der Waals surface area contributed by atoms with Crippen LogP contribution in [0.25, 0.3) is 5.69 Å². The lowest BCUT2D eigenvalue weighted by molar-refractivity contribution is -0.143. The van der Waals surface area contributed by atoms with E-state index in [0.717, 1.165) is 24.3 Å². The molecular weight excluding hydrogens is 332 g/mol. The molecule has 0 fully saturated rings. The van der Waals surface area contributed by atoms with E-state index in [0.29, 0.717) is 4.68 Å². The van der Waals surface area contributed by atoms with Crippen LogP contribution in [0.2, 0.25) is 0 Å². The maximum Gasteiger partial charge on any atom is 0.435 e. The number of aliphatic hydroxyl groups excluding tert-OH is 1. The zero-order chi connectivity index (χ0) is 17.9. The van der Waals surface area contributed by atoms with Crippen molar-refractivity contribution in [1.82, 2.24) is 20.3 Å². The van der Waals surface area contributed by atoms with Gasteiger partial charge in [0.2, 0.25) is 0 Å². The normalized spacial score (nSPS) is 12.9. The molecule has 0 aliphatic heterocycles. The van der Waals surface area contributed by atoms with Gasteiger partial charge in [0, 0.05) is 6.54 Å². The highest BCUT2D eigenvalue weighted by Gasteiger charge is 2.41. The van der Waals surface area contributed by atoms with Crippen LogP contribution in [-0.2, 0) is 6.18 Å². The van der Waals surface area contributed by atoms with E-state index in [1.165, 1.54) is 6.92 Å². The summed E-state index contributed by atoms with van der Waals surface area (Å²) >= 11 is 0. The lowest BCUT2D eigenvalue weighted by Gasteiger charge is -2.11. The van der Waals surface area contributed by atoms with Crippen molar-refractivity contribution in [2.24, 2.45) is 0 Å². The zero-order valence-corrected chi connectivity index (χ0v) is 12.5. The molecule has 1 aromatic heterocycles. The third kappa shape index (κ3) is 4.07. The first-order chi connectivity index (χ1) is 11.2. The molecule has 0 saturated heterocycles. The van der Waals surface area contributed by atoms with E-state index in [2.05, 4.69) is 15.6 Å². The summed E-state index contributed by atoms with van der Waals surface area (Å²) in [5, 5.41) is 18.0. The average Bonchev–Trinajstić information content (AvgIpc) is 2.92. The Hall–Kier alpha value is -2.49. The van der Waals surface area contributed by atoms with Crippen molar-refractivity contribution in [2.75, 3.05) is 6.54 Å². The van der Waals surface area contributed by atoms with Crippen molar-refractivity contribution in [2.45, 2.75) is 25.6 Å². The molecule has 0 spiro atoms. The van der Waals surface area contributed by atoms with Crippen LogP contribution in [-0.4, -0.2) is 38.7 Å². The number of nitrogens with one attached hydrogen (secondary N) is 1. The predicted octanol–water partition coefficient (Wildman–Crippen LogP) is 1.93. The van der Waals surface area contributed by atoms with Gasteiger partial charge in [0.05, 0.1) is 11.8 Å². The Bertz CT molecular complexity index is 711. The smallest absolute Gasteiger partial charge is 0.393 e. The first-order valence-corrected chi connectivity index (χ1v) is 6.95. The minimum absolute atomic E-state index is 0.0167. The first kappa shape index (κ1) is 17.9. The van der Waals surface area contributed by atoms with Gasteiger partial charge in [-0.15, -0.1) is 5.10 Å². The van der Waals surface area contributed by atoms with E-state index < -0.39 is 35.4 Å². The molecule has 1 aromatic carbocycles. The number of aromatic nitrogens is 3. The van der Waals surface area contributed by atoms with Gasteiger partial charge in [0.1, 0.15) is 5.82 Å². The third-order valence-electron chi connectivity index (χ3n) is 3.07. The molecule has 10 heteroatoms. The molecule has 1 atom stereocenters. The number of nitrogens with zero attached hydrogens (tertiary/aromatic N) is 3. The van der Waals surface area contributed by atoms with Crippen LogP contribution < -0.4 is 5.32 Å². The lowest BCUT2D eigenvalue weighted by Crippen LogP contribution is -2.29. The average molecular weight is 346 g/mol. The van der Waals surface area contributed by atoms with Crippen LogP contribution >= 0.6 is 0 Å². The molecule has 0 aliphatic rings. The summed E-state index contributed by atoms with van der Waals surface area (Å²) in [4.78, 5) is 11.9. The van der Waals surface area contributed by atoms with Crippen molar-refractivity contribution in [3.63, 3.8) is 0 Å². The molecule has 6 nitrogen and oxygen atoms in total. The van der Waals surface area contributed by atoms with Crippen LogP contribution in [0.3, 0.4) is 0 Å². The van der Waals surface area contributed by atoms with Gasteiger partial charge in [-0.3, -0.25) is 4.79 Å². The Labute approximate surface area is 134 Å². The van der Waals surface area contributed by atoms with Gasteiger partial charge in [0.25, 0.3) is 5.91 Å². The Kier molecular flexibility index (Phi) is 5.17. The fraction of sp³-hybridized carbons (Fsp3) is 0.357. The van der Waals surface area contributed by atoms with Gasteiger partial charge in [0.15, 0.2) is 11.4 Å². The largest absolute Gasteiger partial charge is 0.435 e. The molecule has 0 aliphatic carbocycles. The van der Waals surface area contributed by atoms with E-state index >= 15 is 0 Å². The summed E-state index contributed by atoms with van der Waals surface area (Å²) < 4.78 is 53.3. The molecule has 0 bridgehead atoms. The van der Waals surface area contributed by atoms with Gasteiger partial charge >= 0.3 is 6.18 Å². The Morgan fingerprint density at radius 1 is 1.33 bits per heavy atom. The van der Waals surface area contributed by atoms with E-state index in [-0.39, 0.29) is 18.7 Å². The molecule has 130 valence electrons. The van der Waals surface area contributed by atoms with Crippen LogP contribution in [0.15, 0.2) is 24.3 Å². The number of aliphatic hydroxyl groups is 1. The molecule has 0 radical (unpaired) electrons. The number of halogens is 4. The minimum atomic E-state index is -4.89. The Balaban J connectivity index is 2.36. The lowest BCUT2D eigenvalue weighted by atomic mass is 10.2. The quantitative estimate of drug-likeness (QED) is 0.811. The van der Waals surface area contributed by atoms with E-state index in [9.17, 15) is 22.4 Å². The van der Waals surface area contributed by atoms with Crippen LogP contribution in [0.4, 0.5) is 17.6 Å². The molecule has 24 heavy (non-hydrogen) atoms. The standard InChI is InChI=1S/C14H14F4N4O2/c1-8(23)6-7-19-13(24)11-12(14(16,17)18)22(21-20-11)10-4-2-9(15)3-5-10/h2-5,8,23H,6-7H2,1H3,(H,19,24). The predicted molar refractivity (Wildman–Crippen MR) is 75.0 cm³/mol. The zero-order valence-electron chi connectivity index (χ0n) is 12.5. The van der Waals surface area contributed by atoms with E-state index in [4.69, 9.17) is 5.11 Å². The summed E-state index contributed by atoms with van der Waals surface area (Å²) in [5.41, 5.74) is -2.33. The second kappa shape index (κ2) is 6.95. The van der Waals surface area contributed by atoms with Gasteiger partial charge in [-0.2, -0.15) is 13.2 Å². The highest BCUT2D eigenvalue weighted by molar-refractivity contribution is 5.93. The fourth-order valence-corrected chi connectivity index (χ4v) is 1.93. The highest BCUT2D eigenvalue weighted by Crippen LogP contribution is 2.32. The number of rotatable bonds is 5. The van der Waals surface area contributed by atoms with Gasteiger partial charge in [-0.25, -0.2) is 9.07 Å². The summed E-state index contributed by atoms with van der Waals surface area (Å²) in [5.74, 6) is -1.68. The van der Waals surface area contributed by atoms with Crippen molar-refractivity contribution in [1.29, 1.82) is 0 Å². The molecular formula is C14H14F4N4O2. The number of benzene rings is 1. The molecule has 0 saturated carbocycles. The number of amides is 1. The van der Waals surface area contributed by atoms with Crippen molar-refractivity contribution in [3.8, 4) is 5.69 Å². The van der Waals surface area contributed by atoms with Crippen molar-refractivity contribution in [3.05, 3.63) is 41.5 Å². The molecule has 1 amide bonds. The Morgan fingerprint density at radius 3 is 2.50 bits per heavy atom. The number of alkyl halides is 3. The highest BCUT2D eigenvalue weighted by atomic mass is 19.4. The van der Waals surface area contributed by atoms with E-state index in [1.54, 1.807) is 0 Å². The van der Waals surface area contributed by atoms with Gasteiger partial charge in [-0.1, -0.05) is 5.21 Å². The second-order valence-corrected chi connectivity index (χ2v) is 5.07. The Morgan fingerprint density at radius 2 is 1.96 bits per heavy atom.